The molecule has 1 amide bonds. The Bertz CT molecular complexity index is 446. The Morgan fingerprint density at radius 1 is 1.40 bits per heavy atom. The van der Waals surface area contributed by atoms with Gasteiger partial charge in [0.05, 0.1) is 5.56 Å². The molecule has 0 spiro atoms. The summed E-state index contributed by atoms with van der Waals surface area (Å²) in [5.41, 5.74) is 0.670. The van der Waals surface area contributed by atoms with E-state index in [1.807, 2.05) is 24.0 Å². The summed E-state index contributed by atoms with van der Waals surface area (Å²) in [6, 6.07) is 4.14. The zero-order valence-corrected chi connectivity index (χ0v) is 12.6. The van der Waals surface area contributed by atoms with E-state index in [1.54, 1.807) is 6.20 Å². The van der Waals surface area contributed by atoms with Crippen molar-refractivity contribution in [3.05, 3.63) is 23.9 Å². The maximum absolute atomic E-state index is 12.5. The minimum Gasteiger partial charge on any atom is -0.370 e. The smallest absolute Gasteiger partial charge is 0.255 e. The van der Waals surface area contributed by atoms with Gasteiger partial charge in [-0.25, -0.2) is 4.98 Å². The van der Waals surface area contributed by atoms with Crippen molar-refractivity contribution in [3.8, 4) is 0 Å². The van der Waals surface area contributed by atoms with E-state index in [-0.39, 0.29) is 5.91 Å². The number of likely N-dealkylation sites (N-methyl/N-ethyl adjacent to an activating group) is 1. The lowest BCUT2D eigenvalue weighted by atomic mass is 10.1. The summed E-state index contributed by atoms with van der Waals surface area (Å²) in [5.74, 6) is 0.899. The third-order valence-electron chi connectivity index (χ3n) is 3.83. The first-order chi connectivity index (χ1) is 9.65. The average Bonchev–Trinajstić information content (AvgIpc) is 2.47. The number of amides is 1. The van der Waals surface area contributed by atoms with Crippen molar-refractivity contribution in [2.24, 2.45) is 0 Å². The lowest BCUT2D eigenvalue weighted by Gasteiger charge is -2.39. The topological polar surface area (TPSA) is 48.5 Å². The van der Waals surface area contributed by atoms with Gasteiger partial charge in [0.25, 0.3) is 5.91 Å². The van der Waals surface area contributed by atoms with Gasteiger partial charge in [-0.3, -0.25) is 9.69 Å². The van der Waals surface area contributed by atoms with Crippen LogP contribution in [0.3, 0.4) is 0 Å². The molecular formula is C15H24N4O. The Balaban J connectivity index is 2.00. The Kier molecular flexibility index (Phi) is 4.95. The monoisotopic (exact) mass is 276 g/mol. The van der Waals surface area contributed by atoms with Gasteiger partial charge in [0.1, 0.15) is 5.82 Å². The van der Waals surface area contributed by atoms with Gasteiger partial charge in [-0.2, -0.15) is 0 Å². The normalized spacial score (nSPS) is 19.9. The first kappa shape index (κ1) is 14.8. The number of anilines is 1. The maximum atomic E-state index is 12.5. The Morgan fingerprint density at radius 3 is 2.75 bits per heavy atom. The number of nitrogens with zero attached hydrogens (tertiary/aromatic N) is 3. The number of pyridine rings is 1. The highest BCUT2D eigenvalue weighted by molar-refractivity contribution is 5.94. The summed E-state index contributed by atoms with van der Waals surface area (Å²) in [6.45, 7) is 10.8. The lowest BCUT2D eigenvalue weighted by Crippen LogP contribution is -2.53. The van der Waals surface area contributed by atoms with E-state index >= 15 is 0 Å². The molecule has 0 bridgehead atoms. The molecule has 0 aromatic carbocycles. The average molecular weight is 276 g/mol. The minimum atomic E-state index is 0.0863. The van der Waals surface area contributed by atoms with Gasteiger partial charge in [-0.15, -0.1) is 0 Å². The number of hydrogen-bond donors (Lipinski definition) is 1. The van der Waals surface area contributed by atoms with E-state index in [4.69, 9.17) is 0 Å². The van der Waals surface area contributed by atoms with Crippen molar-refractivity contribution in [2.45, 2.75) is 26.8 Å². The highest BCUT2D eigenvalue weighted by atomic mass is 16.2. The molecule has 1 atom stereocenters. The zero-order valence-electron chi connectivity index (χ0n) is 12.6. The second kappa shape index (κ2) is 6.70. The Morgan fingerprint density at radius 2 is 2.20 bits per heavy atom. The molecule has 20 heavy (non-hydrogen) atoms. The summed E-state index contributed by atoms with van der Waals surface area (Å²) in [6.07, 6.45) is 1.66. The Hall–Kier alpha value is -1.62. The summed E-state index contributed by atoms with van der Waals surface area (Å²) < 4.78 is 0. The predicted molar refractivity (Wildman–Crippen MR) is 81.0 cm³/mol. The molecule has 2 heterocycles. The van der Waals surface area contributed by atoms with Gasteiger partial charge in [-0.1, -0.05) is 6.92 Å². The summed E-state index contributed by atoms with van der Waals surface area (Å²) in [7, 11) is 0. The van der Waals surface area contributed by atoms with Crippen molar-refractivity contribution in [1.82, 2.24) is 14.8 Å². The molecule has 1 aliphatic rings. The van der Waals surface area contributed by atoms with Gasteiger partial charge in [-0.05, 0) is 32.5 Å². The molecular weight excluding hydrogens is 252 g/mol. The largest absolute Gasteiger partial charge is 0.370 e. The third-order valence-corrected chi connectivity index (χ3v) is 3.83. The van der Waals surface area contributed by atoms with Gasteiger partial charge < -0.3 is 10.2 Å². The molecule has 1 aromatic rings. The predicted octanol–water partition coefficient (Wildman–Crippen LogP) is 1.68. The fourth-order valence-electron chi connectivity index (χ4n) is 2.64. The third kappa shape index (κ3) is 3.28. The number of hydrogen-bond acceptors (Lipinski definition) is 4. The highest BCUT2D eigenvalue weighted by Gasteiger charge is 2.26. The zero-order chi connectivity index (χ0) is 14.5. The standard InChI is InChI=1S/C15H24N4O/c1-4-16-14-7-6-13(10-17-14)15(20)19-9-8-18(5-2)12(3)11-19/h6-7,10,12H,4-5,8-9,11H2,1-3H3,(H,16,17). The molecule has 5 heteroatoms. The van der Waals surface area contributed by atoms with Gasteiger partial charge >= 0.3 is 0 Å². The lowest BCUT2D eigenvalue weighted by molar-refractivity contribution is 0.0528. The van der Waals surface area contributed by atoms with Crippen LogP contribution in [0, 0.1) is 0 Å². The molecule has 1 aliphatic heterocycles. The van der Waals surface area contributed by atoms with Crippen LogP contribution in [0.4, 0.5) is 5.82 Å². The number of piperazine rings is 1. The van der Waals surface area contributed by atoms with Crippen LogP contribution in [-0.4, -0.2) is 59.5 Å². The second-order valence-corrected chi connectivity index (χ2v) is 5.19. The maximum Gasteiger partial charge on any atom is 0.255 e. The highest BCUT2D eigenvalue weighted by Crippen LogP contribution is 2.13. The number of aromatic nitrogens is 1. The first-order valence-corrected chi connectivity index (χ1v) is 7.39. The van der Waals surface area contributed by atoms with Gasteiger partial charge in [0.15, 0.2) is 0 Å². The number of nitrogens with one attached hydrogen (secondary N) is 1. The molecule has 110 valence electrons. The van der Waals surface area contributed by atoms with Gasteiger partial charge in [0.2, 0.25) is 0 Å². The van der Waals surface area contributed by atoms with E-state index in [0.29, 0.717) is 11.6 Å². The fourth-order valence-corrected chi connectivity index (χ4v) is 2.64. The van der Waals surface area contributed by atoms with Crippen LogP contribution in [-0.2, 0) is 0 Å². The van der Waals surface area contributed by atoms with Crippen LogP contribution < -0.4 is 5.32 Å². The van der Waals surface area contributed by atoms with Crippen molar-refractivity contribution in [2.75, 3.05) is 38.0 Å². The van der Waals surface area contributed by atoms with Crippen molar-refractivity contribution < 1.29 is 4.79 Å². The van der Waals surface area contributed by atoms with Crippen LogP contribution in [0.15, 0.2) is 18.3 Å². The van der Waals surface area contributed by atoms with Crippen LogP contribution in [0.5, 0.6) is 0 Å². The molecule has 0 radical (unpaired) electrons. The Labute approximate surface area is 121 Å². The molecule has 2 rings (SSSR count). The molecule has 1 unspecified atom stereocenters. The van der Waals surface area contributed by atoms with Gasteiger partial charge in [0, 0.05) is 38.4 Å². The summed E-state index contributed by atoms with van der Waals surface area (Å²) in [5, 5.41) is 3.13. The van der Waals surface area contributed by atoms with E-state index in [2.05, 4.69) is 29.0 Å². The van der Waals surface area contributed by atoms with Crippen LogP contribution in [0.1, 0.15) is 31.1 Å². The molecule has 0 saturated carbocycles. The minimum absolute atomic E-state index is 0.0863. The van der Waals surface area contributed by atoms with Crippen LogP contribution in [0.25, 0.3) is 0 Å². The number of carbonyl (C=O) groups is 1. The van der Waals surface area contributed by atoms with Crippen LogP contribution in [0.2, 0.25) is 0 Å². The number of carbonyl (C=O) groups excluding carboxylic acids is 1. The number of rotatable bonds is 4. The molecule has 1 aromatic heterocycles. The van der Waals surface area contributed by atoms with E-state index < -0.39 is 0 Å². The van der Waals surface area contributed by atoms with E-state index in [1.165, 1.54) is 0 Å². The molecule has 1 fully saturated rings. The summed E-state index contributed by atoms with van der Waals surface area (Å²) >= 11 is 0. The first-order valence-electron chi connectivity index (χ1n) is 7.39. The molecule has 1 N–H and O–H groups in total. The van der Waals surface area contributed by atoms with Crippen molar-refractivity contribution in [3.63, 3.8) is 0 Å². The van der Waals surface area contributed by atoms with Crippen molar-refractivity contribution in [1.29, 1.82) is 0 Å². The van der Waals surface area contributed by atoms with E-state index in [9.17, 15) is 4.79 Å². The quantitative estimate of drug-likeness (QED) is 0.909. The fraction of sp³-hybridized carbons (Fsp3) is 0.600. The molecule has 1 saturated heterocycles. The SMILES string of the molecule is CCNc1ccc(C(=O)N2CCN(CC)C(C)C2)cn1. The van der Waals surface area contributed by atoms with Crippen LogP contribution >= 0.6 is 0 Å². The second-order valence-electron chi connectivity index (χ2n) is 5.19. The molecule has 0 aliphatic carbocycles. The van der Waals surface area contributed by atoms with E-state index in [0.717, 1.165) is 38.5 Å². The molecule has 5 nitrogen and oxygen atoms in total. The van der Waals surface area contributed by atoms with Crippen molar-refractivity contribution >= 4 is 11.7 Å². The summed E-state index contributed by atoms with van der Waals surface area (Å²) in [4.78, 5) is 21.1.